The van der Waals surface area contributed by atoms with Crippen LogP contribution < -0.4 is 4.90 Å². The quantitative estimate of drug-likeness (QED) is 0.641. The molecule has 0 aliphatic carbocycles. The van der Waals surface area contributed by atoms with Crippen LogP contribution in [0.1, 0.15) is 17.7 Å². The molecule has 142 valence electrons. The number of aromatic nitrogens is 1. The van der Waals surface area contributed by atoms with Gasteiger partial charge < -0.3 is 4.98 Å². The monoisotopic (exact) mass is 413 g/mol. The van der Waals surface area contributed by atoms with E-state index < -0.39 is 6.04 Å². The Morgan fingerprint density at radius 3 is 2.68 bits per heavy atom. The summed E-state index contributed by atoms with van der Waals surface area (Å²) < 4.78 is 0. The first-order chi connectivity index (χ1) is 13.5. The van der Waals surface area contributed by atoms with Gasteiger partial charge in [-0.3, -0.25) is 14.5 Å². The number of amides is 2. The molecule has 0 radical (unpaired) electrons. The summed E-state index contributed by atoms with van der Waals surface area (Å²) in [4.78, 5) is 32.5. The minimum Gasteiger partial charge on any atom is -0.357 e. The van der Waals surface area contributed by atoms with E-state index in [1.165, 1.54) is 15.8 Å². The summed E-state index contributed by atoms with van der Waals surface area (Å²) in [6, 6.07) is 12.6. The molecule has 2 amide bonds. The minimum absolute atomic E-state index is 0.175. The molecule has 5 nitrogen and oxygen atoms in total. The predicted octanol–water partition coefficient (Wildman–Crippen LogP) is 4.16. The van der Waals surface area contributed by atoms with E-state index in [9.17, 15) is 9.59 Å². The highest BCUT2D eigenvalue weighted by atomic mass is 35.5. The van der Waals surface area contributed by atoms with Crippen molar-refractivity contribution in [1.82, 2.24) is 9.88 Å². The van der Waals surface area contributed by atoms with Crippen LogP contribution in [0.2, 0.25) is 10.0 Å². The molecule has 0 spiro atoms. The smallest absolute Gasteiger partial charge is 0.251 e. The van der Waals surface area contributed by atoms with Crippen LogP contribution in [0.5, 0.6) is 0 Å². The number of nitrogens with one attached hydrogen (secondary N) is 1. The Hall–Kier alpha value is -2.34. The van der Waals surface area contributed by atoms with Crippen LogP contribution >= 0.6 is 23.2 Å². The molecular formula is C21H17Cl2N3O2. The number of para-hydroxylation sites is 1. The first-order valence-electron chi connectivity index (χ1n) is 9.17. The van der Waals surface area contributed by atoms with Crippen LogP contribution in [0, 0.1) is 0 Å². The molecule has 3 aromatic rings. The van der Waals surface area contributed by atoms with Gasteiger partial charge in [0.25, 0.3) is 5.91 Å². The van der Waals surface area contributed by atoms with E-state index in [0.29, 0.717) is 22.3 Å². The number of halogens is 2. The number of anilines is 1. The fourth-order valence-corrected chi connectivity index (χ4v) is 4.57. The molecule has 3 heterocycles. The van der Waals surface area contributed by atoms with Crippen LogP contribution in [0.15, 0.2) is 42.5 Å². The van der Waals surface area contributed by atoms with Gasteiger partial charge in [-0.15, -0.1) is 0 Å². The van der Waals surface area contributed by atoms with E-state index >= 15 is 0 Å². The summed E-state index contributed by atoms with van der Waals surface area (Å²) in [5.74, 6) is -0.418. The zero-order valence-electron chi connectivity index (χ0n) is 14.9. The van der Waals surface area contributed by atoms with Gasteiger partial charge in [0.15, 0.2) is 0 Å². The molecule has 2 aliphatic rings. The number of fused-ring (bicyclic) bond motifs is 3. The summed E-state index contributed by atoms with van der Waals surface area (Å²) in [5, 5.41) is 1.95. The normalized spacial score (nSPS) is 20.2. The Morgan fingerprint density at radius 1 is 1.04 bits per heavy atom. The molecule has 1 fully saturated rings. The highest BCUT2D eigenvalue weighted by molar-refractivity contribution is 6.42. The van der Waals surface area contributed by atoms with Crippen molar-refractivity contribution >= 4 is 51.6 Å². The number of hydrogen-bond acceptors (Lipinski definition) is 3. The van der Waals surface area contributed by atoms with E-state index in [1.807, 2.05) is 12.1 Å². The third-order valence-electron chi connectivity index (χ3n) is 5.64. The number of benzene rings is 2. The predicted molar refractivity (Wildman–Crippen MR) is 110 cm³/mol. The van der Waals surface area contributed by atoms with Gasteiger partial charge in [0.2, 0.25) is 5.91 Å². The van der Waals surface area contributed by atoms with Gasteiger partial charge in [0, 0.05) is 29.7 Å². The SMILES string of the molecule is O=C1C[C@H](N2CCc3c([nH]c4ccccc34)C2)C(=O)N1c1ccc(Cl)c(Cl)c1. The lowest BCUT2D eigenvalue weighted by molar-refractivity contribution is -0.123. The number of hydrogen-bond donors (Lipinski definition) is 1. The number of rotatable bonds is 2. The number of H-pyrrole nitrogens is 1. The summed E-state index contributed by atoms with van der Waals surface area (Å²) in [7, 11) is 0. The fraction of sp³-hybridized carbons (Fsp3) is 0.238. The van der Waals surface area contributed by atoms with Crippen molar-refractivity contribution in [2.75, 3.05) is 11.4 Å². The molecule has 2 aromatic carbocycles. The summed E-state index contributed by atoms with van der Waals surface area (Å²) in [6.07, 6.45) is 1.03. The van der Waals surface area contributed by atoms with Gasteiger partial charge in [-0.25, -0.2) is 4.90 Å². The van der Waals surface area contributed by atoms with Crippen molar-refractivity contribution in [1.29, 1.82) is 0 Å². The van der Waals surface area contributed by atoms with Gasteiger partial charge in [0.05, 0.1) is 28.2 Å². The zero-order valence-corrected chi connectivity index (χ0v) is 16.4. The topological polar surface area (TPSA) is 56.4 Å². The molecule has 1 aromatic heterocycles. The summed E-state index contributed by atoms with van der Waals surface area (Å²) >= 11 is 12.0. The van der Waals surface area contributed by atoms with Gasteiger partial charge >= 0.3 is 0 Å². The second kappa shape index (κ2) is 6.62. The molecular weight excluding hydrogens is 397 g/mol. The lowest BCUT2D eigenvalue weighted by Gasteiger charge is -2.30. The molecule has 0 bridgehead atoms. The Kier molecular flexibility index (Phi) is 4.19. The van der Waals surface area contributed by atoms with Crippen LogP contribution in [-0.4, -0.2) is 34.3 Å². The van der Waals surface area contributed by atoms with Crippen molar-refractivity contribution in [3.8, 4) is 0 Å². The number of carbonyl (C=O) groups is 2. The Labute approximate surface area is 171 Å². The van der Waals surface area contributed by atoms with Crippen LogP contribution in [0.4, 0.5) is 5.69 Å². The van der Waals surface area contributed by atoms with Crippen LogP contribution in [0.25, 0.3) is 10.9 Å². The zero-order chi connectivity index (χ0) is 19.4. The molecule has 5 rings (SSSR count). The third kappa shape index (κ3) is 2.73. The second-order valence-corrected chi connectivity index (χ2v) is 8.05. The lowest BCUT2D eigenvalue weighted by Crippen LogP contribution is -2.44. The molecule has 0 saturated carbocycles. The van der Waals surface area contributed by atoms with Gasteiger partial charge in [-0.2, -0.15) is 0 Å². The number of carbonyl (C=O) groups excluding carboxylic acids is 2. The van der Waals surface area contributed by atoms with E-state index in [2.05, 4.69) is 22.0 Å². The average molecular weight is 414 g/mol. The molecule has 0 unspecified atom stereocenters. The first-order valence-corrected chi connectivity index (χ1v) is 9.93. The second-order valence-electron chi connectivity index (χ2n) is 7.23. The minimum atomic E-state index is -0.457. The Morgan fingerprint density at radius 2 is 1.86 bits per heavy atom. The maximum absolute atomic E-state index is 13.1. The van der Waals surface area contributed by atoms with E-state index in [-0.39, 0.29) is 18.2 Å². The highest BCUT2D eigenvalue weighted by Crippen LogP contribution is 2.34. The van der Waals surface area contributed by atoms with Crippen molar-refractivity contribution in [3.05, 3.63) is 63.8 Å². The first kappa shape index (κ1) is 17.7. The van der Waals surface area contributed by atoms with Crippen molar-refractivity contribution in [2.24, 2.45) is 0 Å². The van der Waals surface area contributed by atoms with Crippen LogP contribution in [-0.2, 0) is 22.6 Å². The van der Waals surface area contributed by atoms with Gasteiger partial charge in [0.1, 0.15) is 0 Å². The van der Waals surface area contributed by atoms with Crippen molar-refractivity contribution in [3.63, 3.8) is 0 Å². The molecule has 1 saturated heterocycles. The summed E-state index contributed by atoms with van der Waals surface area (Å²) in [5.41, 5.74) is 4.02. The highest BCUT2D eigenvalue weighted by Gasteiger charge is 2.43. The molecule has 7 heteroatoms. The number of nitrogens with zero attached hydrogens (tertiary/aromatic N) is 2. The number of imide groups is 1. The molecule has 1 atom stereocenters. The van der Waals surface area contributed by atoms with E-state index in [0.717, 1.165) is 24.2 Å². The third-order valence-corrected chi connectivity index (χ3v) is 6.38. The maximum atomic E-state index is 13.1. The number of aromatic amines is 1. The van der Waals surface area contributed by atoms with E-state index in [1.54, 1.807) is 18.2 Å². The standard InChI is InChI=1S/C21H17Cl2N3O2/c22-15-6-5-12(9-16(15)23)26-20(27)10-19(21(26)28)25-8-7-14-13-3-1-2-4-17(13)24-18(14)11-25/h1-6,9,19,24H,7-8,10-11H2/t19-/m0/s1. The lowest BCUT2D eigenvalue weighted by atomic mass is 10.0. The Bertz CT molecular complexity index is 1120. The van der Waals surface area contributed by atoms with Gasteiger partial charge in [-0.05, 0) is 36.2 Å². The van der Waals surface area contributed by atoms with Crippen molar-refractivity contribution < 1.29 is 9.59 Å². The van der Waals surface area contributed by atoms with Crippen LogP contribution in [0.3, 0.4) is 0 Å². The average Bonchev–Trinajstić information content (AvgIpc) is 3.20. The summed E-state index contributed by atoms with van der Waals surface area (Å²) in [6.45, 7) is 1.37. The largest absolute Gasteiger partial charge is 0.357 e. The molecule has 1 N–H and O–H groups in total. The van der Waals surface area contributed by atoms with Crippen molar-refractivity contribution in [2.45, 2.75) is 25.4 Å². The molecule has 28 heavy (non-hydrogen) atoms. The van der Waals surface area contributed by atoms with E-state index in [4.69, 9.17) is 23.2 Å². The van der Waals surface area contributed by atoms with Gasteiger partial charge in [-0.1, -0.05) is 41.4 Å². The maximum Gasteiger partial charge on any atom is 0.251 e. The Balaban J connectivity index is 1.42. The molecule has 2 aliphatic heterocycles. The fourth-order valence-electron chi connectivity index (χ4n) is 4.28.